The van der Waals surface area contributed by atoms with E-state index >= 15 is 0 Å². The van der Waals surface area contributed by atoms with Gasteiger partial charge in [0, 0.05) is 0 Å². The molecule has 0 unspecified atom stereocenters. The molecule has 0 saturated heterocycles. The molecule has 0 aliphatic carbocycles. The molecule has 0 saturated carbocycles. The lowest BCUT2D eigenvalue weighted by Crippen LogP contribution is -2.40. The molecule has 98 valence electrons. The summed E-state index contributed by atoms with van der Waals surface area (Å²) in [4.78, 5) is 0. The standard InChI is InChI=1S/C17H26Si/c1-5-16(6-2)12-10-11-15-18(3,4)17-13-8-7-9-14-17/h7-14H,5-6,15H2,1-4H3/b11-10-. The van der Waals surface area contributed by atoms with Crippen molar-refractivity contribution in [3.05, 3.63) is 54.1 Å². The molecule has 1 rings (SSSR count). The lowest BCUT2D eigenvalue weighted by Gasteiger charge is -2.20. The third-order valence-electron chi connectivity index (χ3n) is 3.56. The van der Waals surface area contributed by atoms with E-state index in [0.29, 0.717) is 0 Å². The molecule has 0 radical (unpaired) electrons. The Kier molecular flexibility index (Phi) is 6.13. The number of benzene rings is 1. The largest absolute Gasteiger partial charge is 0.0869 e. The Morgan fingerprint density at radius 1 is 1.06 bits per heavy atom. The SMILES string of the molecule is CCC(=C/C=C\C[Si](C)(C)c1ccccc1)CC. The van der Waals surface area contributed by atoms with Gasteiger partial charge < -0.3 is 0 Å². The molecule has 0 nitrogen and oxygen atoms in total. The Morgan fingerprint density at radius 3 is 2.22 bits per heavy atom. The third kappa shape index (κ3) is 4.65. The Labute approximate surface area is 113 Å². The van der Waals surface area contributed by atoms with Gasteiger partial charge in [-0.25, -0.2) is 0 Å². The van der Waals surface area contributed by atoms with Gasteiger partial charge in [-0.2, -0.15) is 0 Å². The fourth-order valence-corrected chi connectivity index (χ4v) is 4.12. The summed E-state index contributed by atoms with van der Waals surface area (Å²) in [7, 11) is -1.29. The highest BCUT2D eigenvalue weighted by Crippen LogP contribution is 2.11. The molecular weight excluding hydrogens is 232 g/mol. The van der Waals surface area contributed by atoms with Crippen LogP contribution in [-0.2, 0) is 0 Å². The van der Waals surface area contributed by atoms with Crippen LogP contribution in [0.2, 0.25) is 19.1 Å². The quantitative estimate of drug-likeness (QED) is 0.502. The van der Waals surface area contributed by atoms with Gasteiger partial charge in [0.25, 0.3) is 0 Å². The second-order valence-electron chi connectivity index (χ2n) is 5.41. The minimum atomic E-state index is -1.29. The third-order valence-corrected chi connectivity index (χ3v) is 6.71. The van der Waals surface area contributed by atoms with E-state index < -0.39 is 8.07 Å². The first-order valence-electron chi connectivity index (χ1n) is 7.00. The van der Waals surface area contributed by atoms with Gasteiger partial charge in [-0.1, -0.05) is 86.3 Å². The van der Waals surface area contributed by atoms with Gasteiger partial charge in [0.2, 0.25) is 0 Å². The predicted octanol–water partition coefficient (Wildman–Crippen LogP) is 4.90. The van der Waals surface area contributed by atoms with E-state index in [-0.39, 0.29) is 0 Å². The topological polar surface area (TPSA) is 0 Å². The van der Waals surface area contributed by atoms with Crippen molar-refractivity contribution in [3.8, 4) is 0 Å². The van der Waals surface area contributed by atoms with Gasteiger partial charge >= 0.3 is 0 Å². The Bertz CT molecular complexity index is 393. The summed E-state index contributed by atoms with van der Waals surface area (Å²) in [5.74, 6) is 0. The van der Waals surface area contributed by atoms with Crippen LogP contribution in [0.1, 0.15) is 26.7 Å². The summed E-state index contributed by atoms with van der Waals surface area (Å²) in [6, 6.07) is 12.2. The first kappa shape index (κ1) is 15.0. The van der Waals surface area contributed by atoms with Crippen molar-refractivity contribution in [2.75, 3.05) is 0 Å². The van der Waals surface area contributed by atoms with Crippen LogP contribution in [-0.4, -0.2) is 8.07 Å². The Balaban J connectivity index is 2.62. The molecule has 0 fully saturated rings. The van der Waals surface area contributed by atoms with Crippen LogP contribution in [0.5, 0.6) is 0 Å². The van der Waals surface area contributed by atoms with Crippen LogP contribution in [0.4, 0.5) is 0 Å². The second kappa shape index (κ2) is 7.37. The average molecular weight is 258 g/mol. The van der Waals surface area contributed by atoms with E-state index in [4.69, 9.17) is 0 Å². The number of hydrogen-bond acceptors (Lipinski definition) is 0. The van der Waals surface area contributed by atoms with Crippen molar-refractivity contribution in [1.82, 2.24) is 0 Å². The molecule has 0 bridgehead atoms. The number of allylic oxidation sites excluding steroid dienone is 4. The van der Waals surface area contributed by atoms with Gasteiger partial charge in [-0.3, -0.25) is 0 Å². The molecular formula is C17H26Si. The number of hydrogen-bond donors (Lipinski definition) is 0. The van der Waals surface area contributed by atoms with Crippen molar-refractivity contribution < 1.29 is 0 Å². The normalized spacial score (nSPS) is 11.8. The van der Waals surface area contributed by atoms with E-state index in [0.717, 1.165) is 0 Å². The van der Waals surface area contributed by atoms with E-state index in [1.807, 2.05) is 0 Å². The fraction of sp³-hybridized carbons (Fsp3) is 0.412. The molecule has 1 heteroatoms. The zero-order chi connectivity index (χ0) is 13.4. The van der Waals surface area contributed by atoms with Crippen LogP contribution in [0.3, 0.4) is 0 Å². The highest BCUT2D eigenvalue weighted by atomic mass is 28.3. The zero-order valence-electron chi connectivity index (χ0n) is 12.2. The van der Waals surface area contributed by atoms with Crippen molar-refractivity contribution in [2.45, 2.75) is 45.8 Å². The summed E-state index contributed by atoms with van der Waals surface area (Å²) < 4.78 is 0. The van der Waals surface area contributed by atoms with Crippen LogP contribution < -0.4 is 5.19 Å². The molecule has 0 spiro atoms. The summed E-state index contributed by atoms with van der Waals surface area (Å²) in [5, 5.41) is 1.55. The van der Waals surface area contributed by atoms with Gasteiger partial charge in [0.05, 0.1) is 8.07 Å². The fourth-order valence-electron chi connectivity index (χ4n) is 2.06. The highest BCUT2D eigenvalue weighted by Gasteiger charge is 2.20. The molecule has 1 aromatic rings. The van der Waals surface area contributed by atoms with Gasteiger partial charge in [0.1, 0.15) is 0 Å². The summed E-state index contributed by atoms with van der Waals surface area (Å²) in [6.45, 7) is 9.34. The predicted molar refractivity (Wildman–Crippen MR) is 86.2 cm³/mol. The van der Waals surface area contributed by atoms with Crippen LogP contribution in [0.15, 0.2) is 54.1 Å². The van der Waals surface area contributed by atoms with E-state index in [9.17, 15) is 0 Å². The monoisotopic (exact) mass is 258 g/mol. The smallest absolute Gasteiger partial charge is 0.0843 e. The molecule has 1 aromatic carbocycles. The van der Waals surface area contributed by atoms with E-state index in [1.165, 1.54) is 24.5 Å². The second-order valence-corrected chi connectivity index (χ2v) is 10.2. The number of rotatable bonds is 6. The molecule has 0 heterocycles. The molecule has 18 heavy (non-hydrogen) atoms. The van der Waals surface area contributed by atoms with Gasteiger partial charge in [-0.15, -0.1) is 0 Å². The first-order valence-corrected chi connectivity index (χ1v) is 10.2. The zero-order valence-corrected chi connectivity index (χ0v) is 13.2. The maximum absolute atomic E-state index is 2.44. The van der Waals surface area contributed by atoms with Crippen molar-refractivity contribution >= 4 is 13.3 Å². The van der Waals surface area contributed by atoms with Gasteiger partial charge in [0.15, 0.2) is 0 Å². The van der Waals surface area contributed by atoms with Crippen molar-refractivity contribution in [3.63, 3.8) is 0 Å². The molecule has 0 N–H and O–H groups in total. The average Bonchev–Trinajstić information content (AvgIpc) is 2.40. The highest BCUT2D eigenvalue weighted by molar-refractivity contribution is 6.90. The van der Waals surface area contributed by atoms with Gasteiger partial charge in [-0.05, 0) is 18.9 Å². The lowest BCUT2D eigenvalue weighted by molar-refractivity contribution is 0.978. The van der Waals surface area contributed by atoms with Crippen molar-refractivity contribution in [2.24, 2.45) is 0 Å². The molecule has 0 aliphatic heterocycles. The molecule has 0 amide bonds. The summed E-state index contributed by atoms with van der Waals surface area (Å²) in [6.07, 6.45) is 9.22. The minimum absolute atomic E-state index is 1.17. The Hall–Kier alpha value is -1.08. The first-order chi connectivity index (χ1) is 8.60. The summed E-state index contributed by atoms with van der Waals surface area (Å²) >= 11 is 0. The Morgan fingerprint density at radius 2 is 1.67 bits per heavy atom. The van der Waals surface area contributed by atoms with Crippen LogP contribution >= 0.6 is 0 Å². The molecule has 0 aromatic heterocycles. The lowest BCUT2D eigenvalue weighted by atomic mass is 10.1. The van der Waals surface area contributed by atoms with E-state index in [1.54, 1.807) is 5.19 Å². The van der Waals surface area contributed by atoms with Crippen LogP contribution in [0.25, 0.3) is 0 Å². The molecule has 0 aliphatic rings. The van der Waals surface area contributed by atoms with Crippen molar-refractivity contribution in [1.29, 1.82) is 0 Å². The minimum Gasteiger partial charge on any atom is -0.0869 e. The molecule has 0 atom stereocenters. The maximum Gasteiger partial charge on any atom is 0.0843 e. The maximum atomic E-state index is 2.44. The summed E-state index contributed by atoms with van der Waals surface area (Å²) in [5.41, 5.74) is 1.53. The van der Waals surface area contributed by atoms with E-state index in [2.05, 4.69) is 75.5 Å². The van der Waals surface area contributed by atoms with Crippen LogP contribution in [0, 0.1) is 0 Å².